The fraction of sp³-hybridized carbons (Fsp3) is 0.333. The Morgan fingerprint density at radius 3 is 2.47 bits per heavy atom. The molecule has 0 spiro atoms. The highest BCUT2D eigenvalue weighted by molar-refractivity contribution is 5.74. The zero-order valence-corrected chi connectivity index (χ0v) is 9.38. The molecule has 1 rings (SSSR count). The molecule has 5 nitrogen and oxygen atoms in total. The van der Waals surface area contributed by atoms with Crippen molar-refractivity contribution in [1.29, 1.82) is 0 Å². The second kappa shape index (κ2) is 5.45. The van der Waals surface area contributed by atoms with Gasteiger partial charge in [0.1, 0.15) is 0 Å². The Labute approximate surface area is 98.3 Å². The predicted octanol–water partition coefficient (Wildman–Crippen LogP) is 1.13. The number of hydrogen-bond donors (Lipinski definition) is 3. The Bertz CT molecular complexity index is 439. The highest BCUT2D eigenvalue weighted by Gasteiger charge is 2.18. The standard InChI is InChI=1S/C12H14O5/c1-7-2-3-8(4-5-10(13)14)6-9(7)11(15)12(16)17/h2-3,6,11,15H,4-5H2,1H3,(H,13,14)(H,16,17). The number of aryl methyl sites for hydroxylation is 2. The lowest BCUT2D eigenvalue weighted by molar-refractivity contribution is -0.147. The van der Waals surface area contributed by atoms with E-state index in [0.717, 1.165) is 0 Å². The summed E-state index contributed by atoms with van der Waals surface area (Å²) in [7, 11) is 0. The molecule has 0 radical (unpaired) electrons. The van der Waals surface area contributed by atoms with Crippen LogP contribution < -0.4 is 0 Å². The molecule has 1 aromatic carbocycles. The van der Waals surface area contributed by atoms with E-state index in [9.17, 15) is 14.7 Å². The first-order valence-electron chi connectivity index (χ1n) is 5.14. The van der Waals surface area contributed by atoms with Crippen molar-refractivity contribution in [2.45, 2.75) is 25.9 Å². The van der Waals surface area contributed by atoms with Crippen molar-refractivity contribution in [1.82, 2.24) is 0 Å². The quantitative estimate of drug-likeness (QED) is 0.714. The molecule has 0 saturated heterocycles. The van der Waals surface area contributed by atoms with Crippen molar-refractivity contribution in [2.24, 2.45) is 0 Å². The summed E-state index contributed by atoms with van der Waals surface area (Å²) in [6.07, 6.45) is -1.28. The normalized spacial score (nSPS) is 12.1. The molecule has 1 atom stereocenters. The van der Waals surface area contributed by atoms with Gasteiger partial charge in [-0.05, 0) is 30.0 Å². The smallest absolute Gasteiger partial charge is 0.337 e. The Morgan fingerprint density at radius 2 is 1.94 bits per heavy atom. The molecule has 92 valence electrons. The molecule has 3 N–H and O–H groups in total. The minimum absolute atomic E-state index is 0.0222. The van der Waals surface area contributed by atoms with Gasteiger partial charge in [0.05, 0.1) is 0 Å². The number of rotatable bonds is 5. The zero-order valence-electron chi connectivity index (χ0n) is 9.38. The molecule has 0 aliphatic carbocycles. The molecule has 0 heterocycles. The summed E-state index contributed by atoms with van der Waals surface area (Å²) in [5, 5.41) is 26.7. The van der Waals surface area contributed by atoms with Crippen LogP contribution >= 0.6 is 0 Å². The van der Waals surface area contributed by atoms with Crippen molar-refractivity contribution in [3.8, 4) is 0 Å². The van der Waals surface area contributed by atoms with E-state index in [2.05, 4.69) is 0 Å². The first-order valence-corrected chi connectivity index (χ1v) is 5.14. The van der Waals surface area contributed by atoms with Gasteiger partial charge in [-0.25, -0.2) is 4.79 Å². The van der Waals surface area contributed by atoms with Gasteiger partial charge in [0.25, 0.3) is 0 Å². The molecule has 5 heteroatoms. The maximum atomic E-state index is 10.7. The molecule has 17 heavy (non-hydrogen) atoms. The number of benzene rings is 1. The van der Waals surface area contributed by atoms with Gasteiger partial charge in [-0.15, -0.1) is 0 Å². The predicted molar refractivity (Wildman–Crippen MR) is 59.7 cm³/mol. The Balaban J connectivity index is 2.94. The minimum atomic E-state index is -1.57. The van der Waals surface area contributed by atoms with Crippen LogP contribution in [0.2, 0.25) is 0 Å². The van der Waals surface area contributed by atoms with Gasteiger partial charge in [-0.2, -0.15) is 0 Å². The number of aliphatic hydroxyl groups excluding tert-OH is 1. The highest BCUT2D eigenvalue weighted by Crippen LogP contribution is 2.20. The van der Waals surface area contributed by atoms with Crippen LogP contribution in [0.15, 0.2) is 18.2 Å². The second-order valence-corrected chi connectivity index (χ2v) is 3.83. The van der Waals surface area contributed by atoms with Crippen LogP contribution in [0, 0.1) is 6.92 Å². The number of carboxylic acid groups (broad SMARTS) is 2. The van der Waals surface area contributed by atoms with Crippen LogP contribution in [0.5, 0.6) is 0 Å². The van der Waals surface area contributed by atoms with E-state index in [1.165, 1.54) is 6.07 Å². The summed E-state index contributed by atoms with van der Waals surface area (Å²) >= 11 is 0. The second-order valence-electron chi connectivity index (χ2n) is 3.83. The van der Waals surface area contributed by atoms with Crippen molar-refractivity contribution in [3.63, 3.8) is 0 Å². The fourth-order valence-electron chi connectivity index (χ4n) is 1.52. The van der Waals surface area contributed by atoms with Crippen LogP contribution in [0.3, 0.4) is 0 Å². The highest BCUT2D eigenvalue weighted by atomic mass is 16.4. The molecular formula is C12H14O5. The Hall–Kier alpha value is -1.88. The van der Waals surface area contributed by atoms with Gasteiger partial charge < -0.3 is 15.3 Å². The van der Waals surface area contributed by atoms with E-state index < -0.39 is 18.0 Å². The van der Waals surface area contributed by atoms with Gasteiger partial charge >= 0.3 is 11.9 Å². The van der Waals surface area contributed by atoms with Crippen LogP contribution in [0.25, 0.3) is 0 Å². The van der Waals surface area contributed by atoms with Crippen LogP contribution in [0.1, 0.15) is 29.2 Å². The summed E-state index contributed by atoms with van der Waals surface area (Å²) in [6.45, 7) is 1.70. The van der Waals surface area contributed by atoms with Gasteiger partial charge in [0, 0.05) is 6.42 Å². The Morgan fingerprint density at radius 1 is 1.29 bits per heavy atom. The van der Waals surface area contributed by atoms with Crippen LogP contribution in [-0.4, -0.2) is 27.3 Å². The largest absolute Gasteiger partial charge is 0.481 e. The topological polar surface area (TPSA) is 94.8 Å². The van der Waals surface area contributed by atoms with Gasteiger partial charge in [0.15, 0.2) is 6.10 Å². The maximum absolute atomic E-state index is 10.7. The van der Waals surface area contributed by atoms with E-state index in [0.29, 0.717) is 23.1 Å². The van der Waals surface area contributed by atoms with Crippen molar-refractivity contribution < 1.29 is 24.9 Å². The molecule has 0 saturated carbocycles. The summed E-state index contributed by atoms with van der Waals surface area (Å²) in [6, 6.07) is 4.95. The lowest BCUT2D eigenvalue weighted by atomic mass is 9.98. The number of carboxylic acids is 2. The minimum Gasteiger partial charge on any atom is -0.481 e. The summed E-state index contributed by atoms with van der Waals surface area (Å²) in [5.41, 5.74) is 1.67. The summed E-state index contributed by atoms with van der Waals surface area (Å²) in [4.78, 5) is 21.1. The zero-order chi connectivity index (χ0) is 13.0. The Kier molecular flexibility index (Phi) is 4.23. The first kappa shape index (κ1) is 13.2. The van der Waals surface area contributed by atoms with E-state index in [4.69, 9.17) is 10.2 Å². The lowest BCUT2D eigenvalue weighted by Crippen LogP contribution is -2.12. The van der Waals surface area contributed by atoms with E-state index in [1.807, 2.05) is 0 Å². The van der Waals surface area contributed by atoms with Crippen molar-refractivity contribution >= 4 is 11.9 Å². The fourth-order valence-corrected chi connectivity index (χ4v) is 1.52. The first-order chi connectivity index (χ1) is 7.91. The molecule has 0 bridgehead atoms. The van der Waals surface area contributed by atoms with E-state index in [1.54, 1.807) is 19.1 Å². The van der Waals surface area contributed by atoms with Crippen LogP contribution in [-0.2, 0) is 16.0 Å². The summed E-state index contributed by atoms with van der Waals surface area (Å²) in [5.74, 6) is -2.23. The third kappa shape index (κ3) is 3.57. The van der Waals surface area contributed by atoms with Gasteiger partial charge in [-0.1, -0.05) is 18.2 Å². The molecule has 0 fully saturated rings. The van der Waals surface area contributed by atoms with Crippen molar-refractivity contribution in [3.05, 3.63) is 34.9 Å². The monoisotopic (exact) mass is 238 g/mol. The molecule has 0 aliphatic rings. The third-order valence-corrected chi connectivity index (χ3v) is 2.50. The number of aliphatic carboxylic acids is 2. The molecule has 0 aliphatic heterocycles. The van der Waals surface area contributed by atoms with Gasteiger partial charge in [-0.3, -0.25) is 4.79 Å². The molecule has 0 amide bonds. The molecule has 0 aromatic heterocycles. The number of aliphatic hydroxyl groups is 1. The van der Waals surface area contributed by atoms with Crippen molar-refractivity contribution in [2.75, 3.05) is 0 Å². The summed E-state index contributed by atoms with van der Waals surface area (Å²) < 4.78 is 0. The number of carbonyl (C=O) groups is 2. The van der Waals surface area contributed by atoms with Crippen LogP contribution in [0.4, 0.5) is 0 Å². The average Bonchev–Trinajstić information content (AvgIpc) is 2.26. The molecular weight excluding hydrogens is 224 g/mol. The number of hydrogen-bond acceptors (Lipinski definition) is 3. The molecule has 1 aromatic rings. The molecule has 1 unspecified atom stereocenters. The van der Waals surface area contributed by atoms with Gasteiger partial charge in [0.2, 0.25) is 0 Å². The lowest BCUT2D eigenvalue weighted by Gasteiger charge is -2.11. The third-order valence-electron chi connectivity index (χ3n) is 2.50. The van der Waals surface area contributed by atoms with E-state index in [-0.39, 0.29) is 6.42 Å². The maximum Gasteiger partial charge on any atom is 0.337 e. The SMILES string of the molecule is Cc1ccc(CCC(=O)O)cc1C(O)C(=O)O. The average molecular weight is 238 g/mol. The van der Waals surface area contributed by atoms with E-state index >= 15 is 0 Å².